The van der Waals surface area contributed by atoms with Crippen molar-refractivity contribution >= 4 is 34.3 Å². The molecule has 0 bridgehead atoms. The van der Waals surface area contributed by atoms with Gasteiger partial charge in [-0.2, -0.15) is 0 Å². The number of ether oxygens (including phenoxy) is 2. The van der Waals surface area contributed by atoms with Crippen LogP contribution in [0.1, 0.15) is 31.4 Å². The standard InChI is InChI=1S/C30H25N3O5/c1-29(2)23-9-3-4-10-24(23)32(30(29)16-14-21-19-22(33(35)36)12-13-25(21)38-30)18-15-27(34)37-26-11-5-7-20-8-6-17-31-28(20)26/h3-14,16-17,19H,15,18H2,1-2H3. The Bertz CT molecular complexity index is 1620. The Kier molecular flexibility index (Phi) is 5.41. The maximum Gasteiger partial charge on any atom is 0.313 e. The summed E-state index contributed by atoms with van der Waals surface area (Å²) in [5.41, 5.74) is 1.89. The molecule has 0 N–H and O–H groups in total. The molecule has 6 rings (SSSR count). The number of non-ortho nitro benzene ring substituents is 1. The van der Waals surface area contributed by atoms with Gasteiger partial charge < -0.3 is 14.4 Å². The fourth-order valence-corrected chi connectivity index (χ4v) is 5.53. The van der Waals surface area contributed by atoms with Gasteiger partial charge in [0.1, 0.15) is 11.3 Å². The molecule has 2 aliphatic rings. The summed E-state index contributed by atoms with van der Waals surface area (Å²) in [4.78, 5) is 30.4. The quantitative estimate of drug-likeness (QED) is 0.141. The zero-order valence-electron chi connectivity index (χ0n) is 21.0. The number of aromatic nitrogens is 1. The zero-order chi connectivity index (χ0) is 26.5. The summed E-state index contributed by atoms with van der Waals surface area (Å²) in [6.45, 7) is 4.55. The number of carbonyl (C=O) groups excluding carboxylic acids is 1. The van der Waals surface area contributed by atoms with Gasteiger partial charge in [-0.3, -0.25) is 19.9 Å². The SMILES string of the molecule is CC1(C)c2ccccc2N(CCC(=O)Oc2cccc3cccnc23)C12C=Cc1cc([N+](=O)[O-])ccc1O2. The van der Waals surface area contributed by atoms with E-state index in [9.17, 15) is 14.9 Å². The summed E-state index contributed by atoms with van der Waals surface area (Å²) in [6, 6.07) is 21.9. The molecule has 2 aliphatic heterocycles. The smallest absolute Gasteiger partial charge is 0.313 e. The van der Waals surface area contributed by atoms with Gasteiger partial charge in [-0.25, -0.2) is 0 Å². The number of nitro groups is 1. The minimum absolute atomic E-state index is 0.00412. The third-order valence-electron chi connectivity index (χ3n) is 7.48. The molecule has 4 aromatic rings. The number of rotatable bonds is 5. The number of fused-ring (bicyclic) bond motifs is 3. The van der Waals surface area contributed by atoms with Gasteiger partial charge in [-0.05, 0) is 55.8 Å². The third kappa shape index (κ3) is 3.60. The van der Waals surface area contributed by atoms with Crippen LogP contribution in [-0.4, -0.2) is 28.1 Å². The van der Waals surface area contributed by atoms with E-state index in [1.54, 1.807) is 18.3 Å². The van der Waals surface area contributed by atoms with E-state index in [2.05, 4.69) is 29.8 Å². The summed E-state index contributed by atoms with van der Waals surface area (Å²) >= 11 is 0. The summed E-state index contributed by atoms with van der Waals surface area (Å²) in [5.74, 6) is 0.596. The number of benzene rings is 3. The molecule has 1 spiro atoms. The van der Waals surface area contributed by atoms with Crippen LogP contribution in [0, 0.1) is 10.1 Å². The maximum absolute atomic E-state index is 13.1. The normalized spacial score (nSPS) is 18.6. The predicted octanol–water partition coefficient (Wildman–Crippen LogP) is 6.04. The number of hydrogen-bond acceptors (Lipinski definition) is 7. The van der Waals surface area contributed by atoms with Crippen LogP contribution < -0.4 is 14.4 Å². The van der Waals surface area contributed by atoms with E-state index in [1.807, 2.05) is 54.6 Å². The molecular weight excluding hydrogens is 482 g/mol. The first kappa shape index (κ1) is 23.7. The topological polar surface area (TPSA) is 94.8 Å². The van der Waals surface area contributed by atoms with Gasteiger partial charge >= 0.3 is 5.97 Å². The lowest BCUT2D eigenvalue weighted by Gasteiger charge is -2.47. The molecule has 0 amide bonds. The van der Waals surface area contributed by atoms with Crippen molar-refractivity contribution in [1.82, 2.24) is 4.98 Å². The number of esters is 1. The van der Waals surface area contributed by atoms with Gasteiger partial charge in [-0.1, -0.05) is 36.4 Å². The number of anilines is 1. The Balaban J connectivity index is 1.31. The van der Waals surface area contributed by atoms with E-state index in [0.29, 0.717) is 29.1 Å². The maximum atomic E-state index is 13.1. The van der Waals surface area contributed by atoms with Crippen molar-refractivity contribution in [3.8, 4) is 11.5 Å². The van der Waals surface area contributed by atoms with Gasteiger partial charge in [0.15, 0.2) is 5.75 Å². The highest BCUT2D eigenvalue weighted by atomic mass is 16.6. The zero-order valence-corrected chi connectivity index (χ0v) is 21.0. The Labute approximate surface area is 219 Å². The van der Waals surface area contributed by atoms with Crippen LogP contribution in [0.5, 0.6) is 11.5 Å². The van der Waals surface area contributed by atoms with E-state index >= 15 is 0 Å². The van der Waals surface area contributed by atoms with Crippen molar-refractivity contribution in [1.29, 1.82) is 0 Å². The van der Waals surface area contributed by atoms with Crippen molar-refractivity contribution in [2.75, 3.05) is 11.4 Å². The van der Waals surface area contributed by atoms with Crippen LogP contribution in [0.2, 0.25) is 0 Å². The second-order valence-electron chi connectivity index (χ2n) is 9.96. The average molecular weight is 508 g/mol. The van der Waals surface area contributed by atoms with Crippen molar-refractivity contribution in [3.63, 3.8) is 0 Å². The fourth-order valence-electron chi connectivity index (χ4n) is 5.53. The Morgan fingerprint density at radius 1 is 1.08 bits per heavy atom. The highest BCUT2D eigenvalue weighted by molar-refractivity contribution is 5.87. The second kappa shape index (κ2) is 8.69. The Morgan fingerprint density at radius 2 is 1.89 bits per heavy atom. The number of nitrogens with zero attached hydrogens (tertiary/aromatic N) is 3. The van der Waals surface area contributed by atoms with Gasteiger partial charge in [-0.15, -0.1) is 0 Å². The summed E-state index contributed by atoms with van der Waals surface area (Å²) in [5, 5.41) is 12.2. The molecule has 0 aliphatic carbocycles. The Hall–Kier alpha value is -4.72. The third-order valence-corrected chi connectivity index (χ3v) is 7.48. The first-order valence-corrected chi connectivity index (χ1v) is 12.4. The van der Waals surface area contributed by atoms with Crippen LogP contribution in [0.4, 0.5) is 11.4 Å². The fraction of sp³-hybridized carbons (Fsp3) is 0.200. The molecule has 1 unspecified atom stereocenters. The molecule has 0 radical (unpaired) electrons. The molecule has 38 heavy (non-hydrogen) atoms. The molecule has 0 saturated carbocycles. The second-order valence-corrected chi connectivity index (χ2v) is 9.96. The van der Waals surface area contributed by atoms with Crippen LogP contribution in [0.25, 0.3) is 17.0 Å². The van der Waals surface area contributed by atoms with Crippen LogP contribution in [-0.2, 0) is 10.2 Å². The largest absolute Gasteiger partial charge is 0.463 e. The number of nitro benzene ring substituents is 1. The van der Waals surface area contributed by atoms with E-state index < -0.39 is 16.1 Å². The number of carbonyl (C=O) groups is 1. The minimum atomic E-state index is -0.943. The molecule has 0 fully saturated rings. The molecular formula is C30H25N3O5. The molecule has 8 nitrogen and oxygen atoms in total. The van der Waals surface area contributed by atoms with Gasteiger partial charge in [0, 0.05) is 41.5 Å². The van der Waals surface area contributed by atoms with Crippen molar-refractivity contribution in [2.24, 2.45) is 0 Å². The van der Waals surface area contributed by atoms with E-state index in [-0.39, 0.29) is 18.1 Å². The van der Waals surface area contributed by atoms with Gasteiger partial charge in [0.2, 0.25) is 5.72 Å². The average Bonchev–Trinajstić information content (AvgIpc) is 3.10. The van der Waals surface area contributed by atoms with E-state index in [4.69, 9.17) is 9.47 Å². The first-order valence-electron chi connectivity index (χ1n) is 12.4. The number of hydrogen-bond donors (Lipinski definition) is 0. The highest BCUT2D eigenvalue weighted by Gasteiger charge is 2.58. The van der Waals surface area contributed by atoms with Crippen LogP contribution in [0.3, 0.4) is 0 Å². The molecule has 1 aromatic heterocycles. The predicted molar refractivity (Wildman–Crippen MR) is 144 cm³/mol. The van der Waals surface area contributed by atoms with Gasteiger partial charge in [0.25, 0.3) is 5.69 Å². The number of para-hydroxylation sites is 2. The van der Waals surface area contributed by atoms with Gasteiger partial charge in [0.05, 0.1) is 16.8 Å². The molecule has 3 aromatic carbocycles. The van der Waals surface area contributed by atoms with Crippen LogP contribution in [0.15, 0.2) is 85.1 Å². The molecule has 3 heterocycles. The van der Waals surface area contributed by atoms with E-state index in [0.717, 1.165) is 16.6 Å². The minimum Gasteiger partial charge on any atom is -0.463 e. The molecule has 1 atom stereocenters. The highest BCUT2D eigenvalue weighted by Crippen LogP contribution is 2.55. The van der Waals surface area contributed by atoms with Crippen molar-refractivity contribution < 1.29 is 19.2 Å². The monoisotopic (exact) mass is 507 g/mol. The van der Waals surface area contributed by atoms with Crippen molar-refractivity contribution in [2.45, 2.75) is 31.4 Å². The lowest BCUT2D eigenvalue weighted by Crippen LogP contribution is -2.60. The lowest BCUT2D eigenvalue weighted by molar-refractivity contribution is -0.384. The van der Waals surface area contributed by atoms with E-state index in [1.165, 1.54) is 12.1 Å². The molecule has 190 valence electrons. The number of pyridine rings is 1. The lowest BCUT2D eigenvalue weighted by atomic mass is 9.76. The first-order chi connectivity index (χ1) is 18.3. The molecule has 0 saturated heterocycles. The summed E-state index contributed by atoms with van der Waals surface area (Å²) in [6.07, 6.45) is 5.59. The summed E-state index contributed by atoms with van der Waals surface area (Å²) < 4.78 is 12.4. The molecule has 8 heteroatoms. The summed E-state index contributed by atoms with van der Waals surface area (Å²) in [7, 11) is 0. The van der Waals surface area contributed by atoms with Crippen LogP contribution >= 0.6 is 0 Å². The van der Waals surface area contributed by atoms with Crippen molar-refractivity contribution in [3.05, 3.63) is 106 Å². The Morgan fingerprint density at radius 3 is 2.74 bits per heavy atom.